The fourth-order valence-corrected chi connectivity index (χ4v) is 3.96. The summed E-state index contributed by atoms with van der Waals surface area (Å²) in [6.45, 7) is 8.75. The maximum atomic E-state index is 13.4. The van der Waals surface area contributed by atoms with E-state index in [1.54, 1.807) is 0 Å². The third-order valence-electron chi connectivity index (χ3n) is 5.67. The number of nitrogens with one attached hydrogen (secondary N) is 1. The minimum atomic E-state index is -0.118. The standard InChI is InChI=1S/C24H32N2O2/c1-5-14-28-21-15-17(3)25-23(19-11-7-6-8-12-19)22(21)24(27)26-20-13-9-10-16(2)18(20)4/h9-10,13,15,19H,5-8,11-12,14H2,1-4H3,(H,26,27). The quantitative estimate of drug-likeness (QED) is 0.659. The van der Waals surface area contributed by atoms with Crippen LogP contribution < -0.4 is 10.1 Å². The van der Waals surface area contributed by atoms with Gasteiger partial charge in [0.05, 0.1) is 12.3 Å². The number of ether oxygens (including phenoxy) is 1. The van der Waals surface area contributed by atoms with E-state index in [0.717, 1.165) is 47.5 Å². The molecule has 2 aromatic rings. The van der Waals surface area contributed by atoms with Gasteiger partial charge in [0.25, 0.3) is 5.91 Å². The second-order valence-electron chi connectivity index (χ2n) is 7.91. The highest BCUT2D eigenvalue weighted by molar-refractivity contribution is 6.07. The minimum absolute atomic E-state index is 0.118. The van der Waals surface area contributed by atoms with E-state index in [-0.39, 0.29) is 5.91 Å². The molecule has 1 saturated carbocycles. The molecular weight excluding hydrogens is 348 g/mol. The molecule has 1 N–H and O–H groups in total. The monoisotopic (exact) mass is 380 g/mol. The molecule has 1 heterocycles. The van der Waals surface area contributed by atoms with E-state index in [4.69, 9.17) is 9.72 Å². The van der Waals surface area contributed by atoms with Crippen LogP contribution >= 0.6 is 0 Å². The molecule has 0 spiro atoms. The number of hydrogen-bond acceptors (Lipinski definition) is 3. The van der Waals surface area contributed by atoms with Crippen LogP contribution in [0.5, 0.6) is 5.75 Å². The number of carbonyl (C=O) groups is 1. The Morgan fingerprint density at radius 3 is 2.64 bits per heavy atom. The van der Waals surface area contributed by atoms with Crippen LogP contribution in [-0.4, -0.2) is 17.5 Å². The van der Waals surface area contributed by atoms with Crippen LogP contribution in [0, 0.1) is 20.8 Å². The predicted molar refractivity (Wildman–Crippen MR) is 114 cm³/mol. The molecule has 0 bridgehead atoms. The number of pyridine rings is 1. The van der Waals surface area contributed by atoms with Crippen molar-refractivity contribution in [2.75, 3.05) is 11.9 Å². The van der Waals surface area contributed by atoms with Crippen LogP contribution in [0.15, 0.2) is 24.3 Å². The number of amides is 1. The first-order chi connectivity index (χ1) is 13.5. The van der Waals surface area contributed by atoms with Crippen LogP contribution in [-0.2, 0) is 0 Å². The van der Waals surface area contributed by atoms with Gasteiger partial charge in [-0.15, -0.1) is 0 Å². The average Bonchev–Trinajstić information content (AvgIpc) is 2.70. The molecule has 1 aliphatic carbocycles. The van der Waals surface area contributed by atoms with Gasteiger partial charge in [-0.1, -0.05) is 38.3 Å². The van der Waals surface area contributed by atoms with Crippen LogP contribution in [0.4, 0.5) is 5.69 Å². The van der Waals surface area contributed by atoms with Gasteiger partial charge in [0, 0.05) is 23.4 Å². The lowest BCUT2D eigenvalue weighted by atomic mass is 9.84. The highest BCUT2D eigenvalue weighted by Crippen LogP contribution is 2.37. The number of hydrogen-bond donors (Lipinski definition) is 1. The number of aryl methyl sites for hydroxylation is 2. The van der Waals surface area contributed by atoms with E-state index in [1.165, 1.54) is 19.3 Å². The molecule has 28 heavy (non-hydrogen) atoms. The largest absolute Gasteiger partial charge is 0.493 e. The Balaban J connectivity index is 2.02. The Kier molecular flexibility index (Phi) is 6.71. The van der Waals surface area contributed by atoms with Crippen molar-refractivity contribution >= 4 is 11.6 Å². The van der Waals surface area contributed by atoms with E-state index in [1.807, 2.05) is 32.0 Å². The zero-order valence-electron chi connectivity index (χ0n) is 17.6. The molecule has 1 aromatic carbocycles. The maximum absolute atomic E-state index is 13.4. The molecule has 0 saturated heterocycles. The van der Waals surface area contributed by atoms with Crippen molar-refractivity contribution in [2.24, 2.45) is 0 Å². The second kappa shape index (κ2) is 9.22. The van der Waals surface area contributed by atoms with Gasteiger partial charge in [0.15, 0.2) is 0 Å². The summed E-state index contributed by atoms with van der Waals surface area (Å²) in [5, 5.41) is 3.12. The molecule has 0 aliphatic heterocycles. The molecule has 0 radical (unpaired) electrons. The Morgan fingerprint density at radius 1 is 1.18 bits per heavy atom. The second-order valence-corrected chi connectivity index (χ2v) is 7.91. The first kappa shape index (κ1) is 20.4. The number of benzene rings is 1. The van der Waals surface area contributed by atoms with Gasteiger partial charge in [-0.3, -0.25) is 9.78 Å². The van der Waals surface area contributed by atoms with Crippen LogP contribution in [0.25, 0.3) is 0 Å². The van der Waals surface area contributed by atoms with Crippen molar-refractivity contribution in [3.63, 3.8) is 0 Å². The van der Waals surface area contributed by atoms with Crippen molar-refractivity contribution in [1.29, 1.82) is 0 Å². The van der Waals surface area contributed by atoms with Gasteiger partial charge in [0.1, 0.15) is 11.3 Å². The van der Waals surface area contributed by atoms with E-state index >= 15 is 0 Å². The van der Waals surface area contributed by atoms with Gasteiger partial charge >= 0.3 is 0 Å². The topological polar surface area (TPSA) is 51.2 Å². The summed E-state index contributed by atoms with van der Waals surface area (Å²) in [5.74, 6) is 0.877. The minimum Gasteiger partial charge on any atom is -0.493 e. The van der Waals surface area contributed by atoms with Crippen molar-refractivity contribution in [3.8, 4) is 5.75 Å². The number of rotatable bonds is 6. The number of anilines is 1. The summed E-state index contributed by atoms with van der Waals surface area (Å²) in [7, 11) is 0. The lowest BCUT2D eigenvalue weighted by Gasteiger charge is -2.25. The fourth-order valence-electron chi connectivity index (χ4n) is 3.96. The van der Waals surface area contributed by atoms with E-state index < -0.39 is 0 Å². The summed E-state index contributed by atoms with van der Waals surface area (Å²) >= 11 is 0. The third kappa shape index (κ3) is 4.54. The molecule has 0 atom stereocenters. The van der Waals surface area contributed by atoms with Crippen LogP contribution in [0.1, 0.15) is 84.2 Å². The highest BCUT2D eigenvalue weighted by atomic mass is 16.5. The van der Waals surface area contributed by atoms with Crippen LogP contribution in [0.2, 0.25) is 0 Å². The van der Waals surface area contributed by atoms with Crippen molar-refractivity contribution in [3.05, 3.63) is 52.3 Å². The molecule has 1 aromatic heterocycles. The molecule has 4 heteroatoms. The summed E-state index contributed by atoms with van der Waals surface area (Å²) in [6.07, 6.45) is 6.75. The van der Waals surface area contributed by atoms with Gasteiger partial charge in [-0.2, -0.15) is 0 Å². The molecule has 1 aliphatic rings. The molecule has 3 rings (SSSR count). The smallest absolute Gasteiger partial charge is 0.261 e. The van der Waals surface area contributed by atoms with Crippen LogP contribution in [0.3, 0.4) is 0 Å². The lowest BCUT2D eigenvalue weighted by molar-refractivity contribution is 0.102. The maximum Gasteiger partial charge on any atom is 0.261 e. The highest BCUT2D eigenvalue weighted by Gasteiger charge is 2.27. The summed E-state index contributed by atoms with van der Waals surface area (Å²) in [4.78, 5) is 18.2. The van der Waals surface area contributed by atoms with Gasteiger partial charge in [0.2, 0.25) is 0 Å². The zero-order chi connectivity index (χ0) is 20.1. The SMILES string of the molecule is CCCOc1cc(C)nc(C2CCCCC2)c1C(=O)Nc1cccc(C)c1C. The molecule has 1 amide bonds. The number of carbonyl (C=O) groups excluding carboxylic acids is 1. The van der Waals surface area contributed by atoms with Crippen molar-refractivity contribution in [1.82, 2.24) is 4.98 Å². The number of aromatic nitrogens is 1. The Hall–Kier alpha value is -2.36. The Labute approximate surface area is 168 Å². The summed E-state index contributed by atoms with van der Waals surface area (Å²) < 4.78 is 6.01. The third-order valence-corrected chi connectivity index (χ3v) is 5.67. The first-order valence-electron chi connectivity index (χ1n) is 10.5. The molecule has 1 fully saturated rings. The molecular formula is C24H32N2O2. The molecule has 0 unspecified atom stereocenters. The number of nitrogens with zero attached hydrogens (tertiary/aromatic N) is 1. The molecule has 4 nitrogen and oxygen atoms in total. The van der Waals surface area contributed by atoms with E-state index in [2.05, 4.69) is 25.2 Å². The summed E-state index contributed by atoms with van der Waals surface area (Å²) in [5.41, 5.74) is 5.54. The van der Waals surface area contributed by atoms with Crippen molar-refractivity contribution < 1.29 is 9.53 Å². The van der Waals surface area contributed by atoms with E-state index in [9.17, 15) is 4.79 Å². The fraction of sp³-hybridized carbons (Fsp3) is 0.500. The Bertz CT molecular complexity index is 839. The van der Waals surface area contributed by atoms with E-state index in [0.29, 0.717) is 23.8 Å². The Morgan fingerprint density at radius 2 is 1.93 bits per heavy atom. The van der Waals surface area contributed by atoms with Gasteiger partial charge in [-0.25, -0.2) is 0 Å². The normalized spacial score (nSPS) is 14.7. The predicted octanol–water partition coefficient (Wildman–Crippen LogP) is 6.10. The first-order valence-corrected chi connectivity index (χ1v) is 10.5. The van der Waals surface area contributed by atoms with Gasteiger partial charge in [-0.05, 0) is 57.2 Å². The zero-order valence-corrected chi connectivity index (χ0v) is 17.6. The average molecular weight is 381 g/mol. The van der Waals surface area contributed by atoms with Crippen molar-refractivity contribution in [2.45, 2.75) is 72.1 Å². The summed E-state index contributed by atoms with van der Waals surface area (Å²) in [6, 6.07) is 7.89. The molecule has 150 valence electrons. The van der Waals surface area contributed by atoms with Gasteiger partial charge < -0.3 is 10.1 Å². The lowest BCUT2D eigenvalue weighted by Crippen LogP contribution is -2.21.